The Hall–Kier alpha value is -2.54. The van der Waals surface area contributed by atoms with Crippen LogP contribution in [0.25, 0.3) is 16.7 Å². The van der Waals surface area contributed by atoms with Crippen molar-refractivity contribution in [2.24, 2.45) is 0 Å². The van der Waals surface area contributed by atoms with E-state index in [0.717, 1.165) is 6.07 Å². The quantitative estimate of drug-likeness (QED) is 0.370. The second kappa shape index (κ2) is 7.37. The van der Waals surface area contributed by atoms with Gasteiger partial charge in [-0.15, -0.1) is 0 Å². The number of hydrogen-bond acceptors (Lipinski definition) is 3. The number of nitrogens with zero attached hydrogens (tertiary/aromatic N) is 2. The summed E-state index contributed by atoms with van der Waals surface area (Å²) in [7, 11) is 0. The number of hydrogen-bond donors (Lipinski definition) is 0. The summed E-state index contributed by atoms with van der Waals surface area (Å²) < 4.78 is 48.0. The Morgan fingerprint density at radius 3 is 2.41 bits per heavy atom. The highest BCUT2D eigenvalue weighted by Gasteiger charge is 2.36. The lowest BCUT2D eigenvalue weighted by molar-refractivity contribution is -0.137. The van der Waals surface area contributed by atoms with Gasteiger partial charge in [-0.1, -0.05) is 24.6 Å². The van der Waals surface area contributed by atoms with Crippen LogP contribution in [-0.2, 0) is 17.3 Å². The van der Waals surface area contributed by atoms with Gasteiger partial charge in [0.25, 0.3) is 0 Å². The molecule has 3 rings (SSSR count). The van der Waals surface area contributed by atoms with Crippen molar-refractivity contribution in [2.75, 3.05) is 0 Å². The number of benzene rings is 1. The zero-order chi connectivity index (χ0) is 21.6. The largest absolute Gasteiger partial charge is 0.455 e. The van der Waals surface area contributed by atoms with Crippen molar-refractivity contribution in [3.63, 3.8) is 0 Å². The summed E-state index contributed by atoms with van der Waals surface area (Å²) in [5, 5.41) is 0.582. The summed E-state index contributed by atoms with van der Waals surface area (Å²) in [6, 6.07) is 8.44. The van der Waals surface area contributed by atoms with Gasteiger partial charge in [0, 0.05) is 5.39 Å². The van der Waals surface area contributed by atoms with Crippen LogP contribution in [0.15, 0.2) is 36.4 Å². The number of halogens is 4. The molecule has 0 aliphatic heterocycles. The maximum absolute atomic E-state index is 13.8. The first kappa shape index (κ1) is 21.2. The van der Waals surface area contributed by atoms with Gasteiger partial charge in [0.15, 0.2) is 0 Å². The van der Waals surface area contributed by atoms with Crippen LogP contribution >= 0.6 is 11.6 Å². The van der Waals surface area contributed by atoms with Crippen LogP contribution in [0.1, 0.15) is 49.3 Å². The molecule has 0 radical (unpaired) electrons. The minimum atomic E-state index is -4.62. The summed E-state index contributed by atoms with van der Waals surface area (Å²) >= 11 is 6.00. The van der Waals surface area contributed by atoms with Gasteiger partial charge in [0.05, 0.1) is 11.3 Å². The Morgan fingerprint density at radius 1 is 1.14 bits per heavy atom. The van der Waals surface area contributed by atoms with Crippen LogP contribution < -0.4 is 0 Å². The number of ether oxygens (including phenoxy) is 1. The van der Waals surface area contributed by atoms with Gasteiger partial charge in [-0.25, -0.2) is 9.78 Å². The van der Waals surface area contributed by atoms with Crippen molar-refractivity contribution >= 4 is 28.6 Å². The molecule has 3 aromatic rings. The Labute approximate surface area is 171 Å². The Bertz CT molecular complexity index is 1080. The van der Waals surface area contributed by atoms with E-state index in [2.05, 4.69) is 4.98 Å². The standard InChI is InChI=1S/C21H20ClF3N2O2/c1-5-12-6-8-14(21(23,24)25)15(10-12)27-16(19(28)29-20(2,3)4)11-13-7-9-17(22)26-18(13)27/h6-11H,5H2,1-4H3. The highest BCUT2D eigenvalue weighted by Crippen LogP contribution is 2.37. The molecular weight excluding hydrogens is 405 g/mol. The third kappa shape index (κ3) is 4.40. The van der Waals surface area contributed by atoms with E-state index in [1.165, 1.54) is 28.8 Å². The molecule has 0 saturated carbocycles. The molecule has 1 aromatic carbocycles. The number of pyridine rings is 1. The maximum Gasteiger partial charge on any atom is 0.418 e. The van der Waals surface area contributed by atoms with Crippen molar-refractivity contribution in [3.05, 3.63) is 58.4 Å². The number of esters is 1. The predicted molar refractivity (Wildman–Crippen MR) is 106 cm³/mol. The molecule has 2 heterocycles. The van der Waals surface area contributed by atoms with Gasteiger partial charge < -0.3 is 4.74 Å². The van der Waals surface area contributed by atoms with Crippen LogP contribution in [0.5, 0.6) is 0 Å². The zero-order valence-corrected chi connectivity index (χ0v) is 17.1. The summed E-state index contributed by atoms with van der Waals surface area (Å²) in [6.07, 6.45) is -4.09. The van der Waals surface area contributed by atoms with Gasteiger partial charge >= 0.3 is 12.1 Å². The first-order valence-corrected chi connectivity index (χ1v) is 9.40. The number of carbonyl (C=O) groups is 1. The van der Waals surface area contributed by atoms with E-state index in [9.17, 15) is 18.0 Å². The molecule has 0 amide bonds. The summed E-state index contributed by atoms with van der Waals surface area (Å²) in [4.78, 5) is 17.0. The van der Waals surface area contributed by atoms with Crippen LogP contribution in [0.3, 0.4) is 0 Å². The minimum Gasteiger partial charge on any atom is -0.455 e. The number of fused-ring (bicyclic) bond motifs is 1. The molecule has 0 spiro atoms. The molecule has 0 aliphatic rings. The van der Waals surface area contributed by atoms with E-state index in [-0.39, 0.29) is 22.2 Å². The molecule has 2 aromatic heterocycles. The highest BCUT2D eigenvalue weighted by atomic mass is 35.5. The lowest BCUT2D eigenvalue weighted by Gasteiger charge is -2.21. The first-order valence-electron chi connectivity index (χ1n) is 9.02. The molecule has 0 bridgehead atoms. The molecule has 0 saturated heterocycles. The van der Waals surface area contributed by atoms with Crippen molar-refractivity contribution in [1.82, 2.24) is 9.55 Å². The summed E-state index contributed by atoms with van der Waals surface area (Å²) in [5.41, 5.74) is -1.10. The SMILES string of the molecule is CCc1ccc(C(F)(F)F)c(-n2c(C(=O)OC(C)(C)C)cc3ccc(Cl)nc32)c1. The van der Waals surface area contributed by atoms with Gasteiger partial charge in [0.1, 0.15) is 22.1 Å². The maximum atomic E-state index is 13.8. The van der Waals surface area contributed by atoms with Gasteiger partial charge in [-0.05, 0) is 63.1 Å². The Kier molecular flexibility index (Phi) is 5.38. The van der Waals surface area contributed by atoms with E-state index in [0.29, 0.717) is 17.4 Å². The Morgan fingerprint density at radius 2 is 1.83 bits per heavy atom. The fourth-order valence-electron chi connectivity index (χ4n) is 3.00. The number of aryl methyl sites for hydroxylation is 1. The van der Waals surface area contributed by atoms with Crippen molar-refractivity contribution in [3.8, 4) is 5.69 Å². The molecule has 0 fully saturated rings. The summed E-state index contributed by atoms with van der Waals surface area (Å²) in [5.74, 6) is -0.748. The number of alkyl halides is 3. The van der Waals surface area contributed by atoms with Gasteiger partial charge in [-0.2, -0.15) is 13.2 Å². The molecule has 0 aliphatic carbocycles. The highest BCUT2D eigenvalue weighted by molar-refractivity contribution is 6.29. The molecule has 29 heavy (non-hydrogen) atoms. The minimum absolute atomic E-state index is 0.0524. The molecular formula is C21H20ClF3N2O2. The average Bonchev–Trinajstić information content (AvgIpc) is 2.97. The molecule has 0 N–H and O–H groups in total. The molecule has 8 heteroatoms. The average molecular weight is 425 g/mol. The normalized spacial score (nSPS) is 12.4. The lowest BCUT2D eigenvalue weighted by Crippen LogP contribution is -2.25. The summed E-state index contributed by atoms with van der Waals surface area (Å²) in [6.45, 7) is 6.90. The van der Waals surface area contributed by atoms with Crippen LogP contribution in [0.2, 0.25) is 5.15 Å². The fraction of sp³-hybridized carbons (Fsp3) is 0.333. The predicted octanol–water partition coefficient (Wildman–Crippen LogP) is 6.22. The third-order valence-corrected chi connectivity index (χ3v) is 4.45. The zero-order valence-electron chi connectivity index (χ0n) is 16.4. The van der Waals surface area contributed by atoms with E-state index in [1.54, 1.807) is 26.8 Å². The third-order valence-electron chi connectivity index (χ3n) is 4.24. The van der Waals surface area contributed by atoms with Crippen LogP contribution in [0, 0.1) is 0 Å². The van der Waals surface area contributed by atoms with Gasteiger partial charge in [-0.3, -0.25) is 4.57 Å². The number of aromatic nitrogens is 2. The second-order valence-electron chi connectivity index (χ2n) is 7.62. The molecule has 154 valence electrons. The second-order valence-corrected chi connectivity index (χ2v) is 8.00. The van der Waals surface area contributed by atoms with E-state index in [1.807, 2.05) is 6.92 Å². The fourth-order valence-corrected chi connectivity index (χ4v) is 3.14. The Balaban J connectivity index is 2.38. The van der Waals surface area contributed by atoms with Crippen molar-refractivity contribution < 1.29 is 22.7 Å². The first-order chi connectivity index (χ1) is 13.4. The van der Waals surface area contributed by atoms with Crippen LogP contribution in [-0.4, -0.2) is 21.1 Å². The van der Waals surface area contributed by atoms with Crippen molar-refractivity contribution in [1.29, 1.82) is 0 Å². The lowest BCUT2D eigenvalue weighted by atomic mass is 10.1. The number of carbonyl (C=O) groups excluding carboxylic acids is 1. The van der Waals surface area contributed by atoms with Crippen LogP contribution in [0.4, 0.5) is 13.2 Å². The van der Waals surface area contributed by atoms with E-state index in [4.69, 9.17) is 16.3 Å². The monoisotopic (exact) mass is 424 g/mol. The smallest absolute Gasteiger partial charge is 0.418 e. The van der Waals surface area contributed by atoms with Crippen molar-refractivity contribution in [2.45, 2.75) is 45.9 Å². The molecule has 0 unspecified atom stereocenters. The molecule has 4 nitrogen and oxygen atoms in total. The van der Waals surface area contributed by atoms with Gasteiger partial charge in [0.2, 0.25) is 0 Å². The van der Waals surface area contributed by atoms with E-state index >= 15 is 0 Å². The topological polar surface area (TPSA) is 44.1 Å². The van der Waals surface area contributed by atoms with E-state index < -0.39 is 23.3 Å². The molecule has 0 atom stereocenters. The number of rotatable bonds is 3.